The monoisotopic (exact) mass is 292 g/mol. The smallest absolute Gasteiger partial charge is 0.238 e. The molecular formula is C16H28N4O. The van der Waals surface area contributed by atoms with E-state index in [1.165, 1.54) is 5.69 Å². The van der Waals surface area contributed by atoms with Gasteiger partial charge in [0.1, 0.15) is 5.54 Å². The van der Waals surface area contributed by atoms with E-state index in [-0.39, 0.29) is 5.91 Å². The highest BCUT2D eigenvalue weighted by molar-refractivity contribution is 5.85. The van der Waals surface area contributed by atoms with Gasteiger partial charge in [0.2, 0.25) is 5.91 Å². The van der Waals surface area contributed by atoms with Crippen LogP contribution in [0.4, 0.5) is 0 Å². The zero-order chi connectivity index (χ0) is 15.5. The minimum Gasteiger partial charge on any atom is -0.368 e. The van der Waals surface area contributed by atoms with Gasteiger partial charge in [0.05, 0.1) is 5.69 Å². The van der Waals surface area contributed by atoms with E-state index in [4.69, 9.17) is 5.73 Å². The summed E-state index contributed by atoms with van der Waals surface area (Å²) in [5.74, 6) is 0.122. The molecule has 0 spiro atoms. The zero-order valence-corrected chi connectivity index (χ0v) is 13.5. The standard InChI is InChI=1S/C16H28N4O/c1-4-9-18-16(15(17)21)8-5-6-14(16)7-10-20-13(3)11-12(2)19-20/h11,14,18H,4-10H2,1-3H3,(H2,17,21). The molecule has 2 atom stereocenters. The SMILES string of the molecule is CCCNC1(C(N)=O)CCCC1CCn1nc(C)cc1C. The van der Waals surface area contributed by atoms with Gasteiger partial charge in [0.25, 0.3) is 0 Å². The third-order valence-corrected chi connectivity index (χ3v) is 4.74. The van der Waals surface area contributed by atoms with Crippen molar-refractivity contribution >= 4 is 5.91 Å². The Morgan fingerprint density at radius 1 is 1.57 bits per heavy atom. The fourth-order valence-corrected chi connectivity index (χ4v) is 3.64. The van der Waals surface area contributed by atoms with Crippen LogP contribution < -0.4 is 11.1 Å². The van der Waals surface area contributed by atoms with Crippen LogP contribution in [-0.2, 0) is 11.3 Å². The molecule has 21 heavy (non-hydrogen) atoms. The van der Waals surface area contributed by atoms with Crippen molar-refractivity contribution in [2.24, 2.45) is 11.7 Å². The molecule has 118 valence electrons. The Morgan fingerprint density at radius 3 is 2.90 bits per heavy atom. The number of rotatable bonds is 7. The third-order valence-electron chi connectivity index (χ3n) is 4.74. The zero-order valence-electron chi connectivity index (χ0n) is 13.5. The first-order valence-electron chi connectivity index (χ1n) is 8.05. The molecule has 1 fully saturated rings. The third kappa shape index (κ3) is 3.28. The fourth-order valence-electron chi connectivity index (χ4n) is 3.64. The lowest BCUT2D eigenvalue weighted by molar-refractivity contribution is -0.126. The topological polar surface area (TPSA) is 72.9 Å². The van der Waals surface area contributed by atoms with Crippen LogP contribution in [0.5, 0.6) is 0 Å². The molecular weight excluding hydrogens is 264 g/mol. The van der Waals surface area contributed by atoms with Crippen LogP contribution >= 0.6 is 0 Å². The molecule has 0 radical (unpaired) electrons. The minimum absolute atomic E-state index is 0.188. The Balaban J connectivity index is 2.06. The summed E-state index contributed by atoms with van der Waals surface area (Å²) in [6.07, 6.45) is 4.96. The van der Waals surface area contributed by atoms with Crippen LogP contribution in [0.2, 0.25) is 0 Å². The van der Waals surface area contributed by atoms with Gasteiger partial charge in [0.15, 0.2) is 0 Å². The van der Waals surface area contributed by atoms with Gasteiger partial charge in [-0.05, 0) is 58.1 Å². The molecule has 1 aromatic rings. The molecule has 1 amide bonds. The van der Waals surface area contributed by atoms with Crippen LogP contribution in [0.1, 0.15) is 50.4 Å². The predicted molar refractivity (Wildman–Crippen MR) is 83.9 cm³/mol. The number of nitrogens with two attached hydrogens (primary N) is 1. The first kappa shape index (κ1) is 16.0. The molecule has 1 aromatic heterocycles. The molecule has 1 heterocycles. The Morgan fingerprint density at radius 2 is 2.33 bits per heavy atom. The summed E-state index contributed by atoms with van der Waals surface area (Å²) in [5, 5.41) is 7.95. The largest absolute Gasteiger partial charge is 0.368 e. The molecule has 5 nitrogen and oxygen atoms in total. The van der Waals surface area contributed by atoms with Gasteiger partial charge in [-0.1, -0.05) is 13.3 Å². The van der Waals surface area contributed by atoms with Crippen molar-refractivity contribution in [3.63, 3.8) is 0 Å². The summed E-state index contributed by atoms with van der Waals surface area (Å²) >= 11 is 0. The maximum atomic E-state index is 12.1. The van der Waals surface area contributed by atoms with Crippen molar-refractivity contribution in [3.8, 4) is 0 Å². The lowest BCUT2D eigenvalue weighted by atomic mass is 9.83. The Kier molecular flexibility index (Phi) is 5.04. The van der Waals surface area contributed by atoms with Gasteiger partial charge < -0.3 is 11.1 Å². The summed E-state index contributed by atoms with van der Waals surface area (Å²) < 4.78 is 2.04. The molecule has 5 heteroatoms. The van der Waals surface area contributed by atoms with Gasteiger partial charge in [-0.15, -0.1) is 0 Å². The van der Waals surface area contributed by atoms with E-state index >= 15 is 0 Å². The summed E-state index contributed by atoms with van der Waals surface area (Å²) in [5.41, 5.74) is 7.46. The average Bonchev–Trinajstić information content (AvgIpc) is 2.98. The van der Waals surface area contributed by atoms with Crippen LogP contribution in [0.3, 0.4) is 0 Å². The molecule has 3 N–H and O–H groups in total. The van der Waals surface area contributed by atoms with Crippen molar-refractivity contribution < 1.29 is 4.79 Å². The summed E-state index contributed by atoms with van der Waals surface area (Å²) in [6.45, 7) is 7.90. The van der Waals surface area contributed by atoms with Crippen molar-refractivity contribution in [2.75, 3.05) is 6.54 Å². The van der Waals surface area contributed by atoms with E-state index in [0.717, 1.165) is 50.9 Å². The molecule has 1 saturated carbocycles. The second-order valence-electron chi connectivity index (χ2n) is 6.29. The van der Waals surface area contributed by atoms with Crippen molar-refractivity contribution in [2.45, 2.75) is 65.0 Å². The predicted octanol–water partition coefficient (Wildman–Crippen LogP) is 1.91. The van der Waals surface area contributed by atoms with Gasteiger partial charge >= 0.3 is 0 Å². The number of hydrogen-bond acceptors (Lipinski definition) is 3. The normalized spacial score (nSPS) is 25.4. The van der Waals surface area contributed by atoms with E-state index in [9.17, 15) is 4.79 Å². The number of hydrogen-bond donors (Lipinski definition) is 2. The van der Waals surface area contributed by atoms with E-state index < -0.39 is 5.54 Å². The van der Waals surface area contributed by atoms with Gasteiger partial charge in [-0.25, -0.2) is 0 Å². The number of nitrogens with one attached hydrogen (secondary N) is 1. The van der Waals surface area contributed by atoms with Crippen LogP contribution in [0.15, 0.2) is 6.07 Å². The van der Waals surface area contributed by atoms with E-state index in [1.54, 1.807) is 0 Å². The van der Waals surface area contributed by atoms with Crippen LogP contribution in [-0.4, -0.2) is 27.8 Å². The minimum atomic E-state index is -0.508. The molecule has 1 aliphatic carbocycles. The number of aromatic nitrogens is 2. The van der Waals surface area contributed by atoms with E-state index in [2.05, 4.69) is 30.3 Å². The highest BCUT2D eigenvalue weighted by atomic mass is 16.1. The number of amides is 1. The van der Waals surface area contributed by atoms with Gasteiger partial charge in [-0.3, -0.25) is 9.48 Å². The number of nitrogens with zero attached hydrogens (tertiary/aromatic N) is 2. The van der Waals surface area contributed by atoms with Gasteiger partial charge in [-0.2, -0.15) is 5.10 Å². The number of carbonyl (C=O) groups excluding carboxylic acids is 1. The molecule has 0 bridgehead atoms. The molecule has 1 aliphatic rings. The first-order valence-corrected chi connectivity index (χ1v) is 8.05. The lowest BCUT2D eigenvalue weighted by Crippen LogP contribution is -2.58. The second-order valence-corrected chi connectivity index (χ2v) is 6.29. The van der Waals surface area contributed by atoms with Crippen LogP contribution in [0, 0.1) is 19.8 Å². The van der Waals surface area contributed by atoms with E-state index in [0.29, 0.717) is 5.92 Å². The average molecular weight is 292 g/mol. The van der Waals surface area contributed by atoms with E-state index in [1.807, 2.05) is 11.6 Å². The molecule has 0 saturated heterocycles. The van der Waals surface area contributed by atoms with Crippen LogP contribution in [0.25, 0.3) is 0 Å². The maximum Gasteiger partial charge on any atom is 0.238 e. The number of aryl methyl sites for hydroxylation is 3. The molecule has 2 rings (SSSR count). The Bertz CT molecular complexity index is 496. The summed E-state index contributed by atoms with van der Waals surface area (Å²) in [7, 11) is 0. The summed E-state index contributed by atoms with van der Waals surface area (Å²) in [4.78, 5) is 12.1. The molecule has 0 aromatic carbocycles. The second kappa shape index (κ2) is 6.60. The number of carbonyl (C=O) groups is 1. The Hall–Kier alpha value is -1.36. The molecule has 0 aliphatic heterocycles. The maximum absolute atomic E-state index is 12.1. The van der Waals surface area contributed by atoms with Crippen molar-refractivity contribution in [3.05, 3.63) is 17.5 Å². The van der Waals surface area contributed by atoms with Gasteiger partial charge in [0, 0.05) is 12.2 Å². The fraction of sp³-hybridized carbons (Fsp3) is 0.750. The molecule has 2 unspecified atom stereocenters. The van der Waals surface area contributed by atoms with Crippen molar-refractivity contribution in [1.82, 2.24) is 15.1 Å². The summed E-state index contributed by atoms with van der Waals surface area (Å²) in [6, 6.07) is 2.09. The lowest BCUT2D eigenvalue weighted by Gasteiger charge is -2.34. The highest BCUT2D eigenvalue weighted by Gasteiger charge is 2.46. The first-order chi connectivity index (χ1) is 9.99. The highest BCUT2D eigenvalue weighted by Crippen LogP contribution is 2.38. The number of primary amides is 1. The Labute approximate surface area is 127 Å². The quantitative estimate of drug-likeness (QED) is 0.806. The van der Waals surface area contributed by atoms with Crippen molar-refractivity contribution in [1.29, 1.82) is 0 Å².